The third kappa shape index (κ3) is 2.67. The topological polar surface area (TPSA) is 71.8 Å². The van der Waals surface area contributed by atoms with E-state index in [0.717, 1.165) is 11.8 Å². The second-order valence-electron chi connectivity index (χ2n) is 6.52. The van der Waals surface area contributed by atoms with E-state index in [1.165, 1.54) is 0 Å². The number of furan rings is 1. The van der Waals surface area contributed by atoms with Gasteiger partial charge < -0.3 is 19.4 Å². The van der Waals surface area contributed by atoms with Crippen molar-refractivity contribution in [2.45, 2.75) is 13.3 Å². The van der Waals surface area contributed by atoms with E-state index in [0.29, 0.717) is 43.5 Å². The average Bonchev–Trinajstić information content (AvgIpc) is 3.24. The highest BCUT2D eigenvalue weighted by Crippen LogP contribution is 2.40. The monoisotopic (exact) mass is 328 g/mol. The Morgan fingerprint density at radius 3 is 2.62 bits per heavy atom. The molecule has 2 aromatic rings. The SMILES string of the molecule is CC1CC1C(=O)Nc1c(C(=O)N2CCOCC2)oc2ccccc12. The van der Waals surface area contributed by atoms with Crippen LogP contribution in [-0.4, -0.2) is 43.0 Å². The minimum Gasteiger partial charge on any atom is -0.449 e. The number of benzene rings is 1. The first kappa shape index (κ1) is 15.2. The number of hydrogen-bond acceptors (Lipinski definition) is 4. The molecule has 1 N–H and O–H groups in total. The zero-order valence-electron chi connectivity index (χ0n) is 13.6. The van der Waals surface area contributed by atoms with Crippen molar-refractivity contribution in [3.05, 3.63) is 30.0 Å². The highest BCUT2D eigenvalue weighted by molar-refractivity contribution is 6.11. The van der Waals surface area contributed by atoms with E-state index in [-0.39, 0.29) is 23.5 Å². The largest absolute Gasteiger partial charge is 0.449 e. The molecule has 2 aliphatic rings. The Morgan fingerprint density at radius 2 is 1.92 bits per heavy atom. The van der Waals surface area contributed by atoms with Crippen molar-refractivity contribution >= 4 is 28.5 Å². The maximum Gasteiger partial charge on any atom is 0.291 e. The average molecular weight is 328 g/mol. The van der Waals surface area contributed by atoms with Crippen LogP contribution < -0.4 is 5.32 Å². The summed E-state index contributed by atoms with van der Waals surface area (Å²) in [6.07, 6.45) is 0.897. The Hall–Kier alpha value is -2.34. The van der Waals surface area contributed by atoms with Crippen LogP contribution in [0.4, 0.5) is 5.69 Å². The number of hydrogen-bond donors (Lipinski definition) is 1. The Labute approximate surface area is 139 Å². The van der Waals surface area contributed by atoms with E-state index in [2.05, 4.69) is 12.2 Å². The molecule has 2 fully saturated rings. The van der Waals surface area contributed by atoms with Gasteiger partial charge >= 0.3 is 0 Å². The number of carbonyl (C=O) groups is 2. The van der Waals surface area contributed by atoms with Crippen molar-refractivity contribution in [3.8, 4) is 0 Å². The summed E-state index contributed by atoms with van der Waals surface area (Å²) in [4.78, 5) is 26.9. The Kier molecular flexibility index (Phi) is 3.76. The fourth-order valence-corrected chi connectivity index (χ4v) is 3.13. The standard InChI is InChI=1S/C18H20N2O4/c1-11-10-13(11)17(21)19-15-12-4-2-3-5-14(12)24-16(15)18(22)20-6-8-23-9-7-20/h2-5,11,13H,6-10H2,1H3,(H,19,21). The summed E-state index contributed by atoms with van der Waals surface area (Å²) in [5, 5.41) is 3.69. The van der Waals surface area contributed by atoms with E-state index in [4.69, 9.17) is 9.15 Å². The van der Waals surface area contributed by atoms with Gasteiger partial charge in [-0.05, 0) is 24.5 Å². The number of nitrogens with one attached hydrogen (secondary N) is 1. The highest BCUT2D eigenvalue weighted by Gasteiger charge is 2.40. The normalized spacial score (nSPS) is 23.3. The van der Waals surface area contributed by atoms with E-state index < -0.39 is 0 Å². The molecule has 0 bridgehead atoms. The second-order valence-corrected chi connectivity index (χ2v) is 6.52. The number of ether oxygens (including phenoxy) is 1. The van der Waals surface area contributed by atoms with Gasteiger partial charge in [-0.3, -0.25) is 9.59 Å². The molecule has 2 heterocycles. The molecule has 1 saturated heterocycles. The molecule has 1 aromatic carbocycles. The van der Waals surface area contributed by atoms with Crippen LogP contribution in [0.25, 0.3) is 11.0 Å². The van der Waals surface area contributed by atoms with Crippen molar-refractivity contribution < 1.29 is 18.7 Å². The van der Waals surface area contributed by atoms with Crippen molar-refractivity contribution in [1.29, 1.82) is 0 Å². The lowest BCUT2D eigenvalue weighted by molar-refractivity contribution is -0.117. The predicted molar refractivity (Wildman–Crippen MR) is 88.8 cm³/mol. The first-order chi connectivity index (χ1) is 11.6. The van der Waals surface area contributed by atoms with Gasteiger partial charge in [-0.25, -0.2) is 0 Å². The van der Waals surface area contributed by atoms with Crippen LogP contribution >= 0.6 is 0 Å². The second kappa shape index (κ2) is 5.94. The van der Waals surface area contributed by atoms with Crippen LogP contribution in [0.5, 0.6) is 0 Å². The van der Waals surface area contributed by atoms with Gasteiger partial charge in [0, 0.05) is 24.4 Å². The summed E-state index contributed by atoms with van der Waals surface area (Å²) in [6, 6.07) is 7.39. The lowest BCUT2D eigenvalue weighted by Crippen LogP contribution is -2.40. The third-order valence-corrected chi connectivity index (χ3v) is 4.78. The molecule has 0 spiro atoms. The highest BCUT2D eigenvalue weighted by atomic mass is 16.5. The van der Waals surface area contributed by atoms with Crippen molar-refractivity contribution in [3.63, 3.8) is 0 Å². The van der Waals surface area contributed by atoms with Crippen LogP contribution in [0, 0.1) is 11.8 Å². The molecule has 6 nitrogen and oxygen atoms in total. The maximum absolute atomic E-state index is 12.8. The summed E-state index contributed by atoms with van der Waals surface area (Å²) in [5.74, 6) is 0.407. The van der Waals surface area contributed by atoms with Crippen molar-refractivity contribution in [1.82, 2.24) is 4.90 Å². The van der Waals surface area contributed by atoms with Gasteiger partial charge in [-0.2, -0.15) is 0 Å². The van der Waals surface area contributed by atoms with Crippen LogP contribution in [0.2, 0.25) is 0 Å². The number of nitrogens with zero attached hydrogens (tertiary/aromatic N) is 1. The maximum atomic E-state index is 12.8. The zero-order valence-corrected chi connectivity index (χ0v) is 13.6. The minimum absolute atomic E-state index is 0.0324. The lowest BCUT2D eigenvalue weighted by Gasteiger charge is -2.26. The molecule has 2 unspecified atom stereocenters. The van der Waals surface area contributed by atoms with Crippen molar-refractivity contribution in [2.24, 2.45) is 11.8 Å². The Morgan fingerprint density at radius 1 is 1.21 bits per heavy atom. The van der Waals surface area contributed by atoms with Crippen LogP contribution in [0.15, 0.2) is 28.7 Å². The first-order valence-electron chi connectivity index (χ1n) is 8.34. The van der Waals surface area contributed by atoms with Gasteiger partial charge in [0.25, 0.3) is 5.91 Å². The van der Waals surface area contributed by atoms with Gasteiger partial charge in [0.2, 0.25) is 11.7 Å². The van der Waals surface area contributed by atoms with Gasteiger partial charge in [0.15, 0.2) is 0 Å². The zero-order chi connectivity index (χ0) is 16.7. The molecule has 1 aromatic heterocycles. The van der Waals surface area contributed by atoms with E-state index >= 15 is 0 Å². The molecular formula is C18H20N2O4. The summed E-state index contributed by atoms with van der Waals surface area (Å²) in [7, 11) is 0. The van der Waals surface area contributed by atoms with Gasteiger partial charge in [-0.15, -0.1) is 0 Å². The first-order valence-corrected chi connectivity index (χ1v) is 8.34. The summed E-state index contributed by atoms with van der Waals surface area (Å²) < 4.78 is 11.1. The van der Waals surface area contributed by atoms with E-state index in [1.807, 2.05) is 18.2 Å². The molecule has 126 valence electrons. The molecule has 1 aliphatic carbocycles. The number of para-hydroxylation sites is 1. The molecule has 24 heavy (non-hydrogen) atoms. The van der Waals surface area contributed by atoms with Crippen LogP contribution in [-0.2, 0) is 9.53 Å². The smallest absolute Gasteiger partial charge is 0.291 e. The fourth-order valence-electron chi connectivity index (χ4n) is 3.13. The Bertz CT molecular complexity index is 791. The van der Waals surface area contributed by atoms with Gasteiger partial charge in [0.1, 0.15) is 11.3 Å². The molecular weight excluding hydrogens is 308 g/mol. The summed E-state index contributed by atoms with van der Waals surface area (Å²) >= 11 is 0. The number of anilines is 1. The summed E-state index contributed by atoms with van der Waals surface area (Å²) in [6.45, 7) is 4.16. The fraction of sp³-hybridized carbons (Fsp3) is 0.444. The number of rotatable bonds is 3. The molecule has 0 radical (unpaired) electrons. The summed E-state index contributed by atoms with van der Waals surface area (Å²) in [5.41, 5.74) is 1.10. The molecule has 6 heteroatoms. The van der Waals surface area contributed by atoms with E-state index in [9.17, 15) is 9.59 Å². The number of amides is 2. The molecule has 4 rings (SSSR count). The van der Waals surface area contributed by atoms with Crippen LogP contribution in [0.3, 0.4) is 0 Å². The molecule has 2 amide bonds. The third-order valence-electron chi connectivity index (χ3n) is 4.78. The van der Waals surface area contributed by atoms with Gasteiger partial charge in [-0.1, -0.05) is 19.1 Å². The molecule has 1 saturated carbocycles. The number of morpholine rings is 1. The van der Waals surface area contributed by atoms with Crippen molar-refractivity contribution in [2.75, 3.05) is 31.6 Å². The number of carbonyl (C=O) groups excluding carboxylic acids is 2. The predicted octanol–water partition coefficient (Wildman–Crippen LogP) is 2.50. The Balaban J connectivity index is 1.69. The molecule has 1 aliphatic heterocycles. The van der Waals surface area contributed by atoms with Gasteiger partial charge in [0.05, 0.1) is 13.2 Å². The minimum atomic E-state index is -0.200. The lowest BCUT2D eigenvalue weighted by atomic mass is 10.2. The van der Waals surface area contributed by atoms with E-state index in [1.54, 1.807) is 11.0 Å². The van der Waals surface area contributed by atoms with Crippen LogP contribution in [0.1, 0.15) is 23.9 Å². The number of fused-ring (bicyclic) bond motifs is 1. The quantitative estimate of drug-likeness (QED) is 0.940. The molecule has 2 atom stereocenters.